The number of unbranched alkanes of at least 4 members (excludes halogenated alkanes) is 1. The first-order chi connectivity index (χ1) is 18.0. The summed E-state index contributed by atoms with van der Waals surface area (Å²) >= 11 is 1.38. The molecule has 0 bridgehead atoms. The molecule has 1 aromatic carbocycles. The maximum absolute atomic E-state index is 13.7. The summed E-state index contributed by atoms with van der Waals surface area (Å²) < 4.78 is 12.9. The standard InChI is InChI=1S/C27H34N4O5S/c1-3-5-14-36-25-24(37-27(28-25)30-12-15-35-16-13-30)21-22(32)20(23(21)33)19-18(9-4-2)29-31(26(19)34)17-10-7-6-8-11-17/h6-8,10-11,20-23,29H,3-5,9,12-16H2,1-2H3/q-2. The van der Waals surface area contributed by atoms with Crippen molar-refractivity contribution in [1.82, 2.24) is 14.8 Å². The van der Waals surface area contributed by atoms with Crippen LogP contribution in [0.25, 0.3) is 5.69 Å². The van der Waals surface area contributed by atoms with Crippen LogP contribution in [0.5, 0.6) is 5.88 Å². The summed E-state index contributed by atoms with van der Waals surface area (Å²) in [4.78, 5) is 20.9. The average Bonchev–Trinajstić information content (AvgIpc) is 3.47. The van der Waals surface area contributed by atoms with Gasteiger partial charge in [-0.05, 0) is 36.8 Å². The molecule has 2 unspecified atom stereocenters. The number of para-hydroxylation sites is 1. The number of anilines is 1. The third-order valence-corrected chi connectivity index (χ3v) is 8.40. The number of benzene rings is 1. The molecule has 1 aliphatic heterocycles. The predicted octanol–water partition coefficient (Wildman–Crippen LogP) is 1.93. The maximum atomic E-state index is 13.7. The van der Waals surface area contributed by atoms with Gasteiger partial charge in [0.25, 0.3) is 5.56 Å². The fraction of sp³-hybridized carbons (Fsp3) is 0.556. The molecular formula is C27H34N4O5S-2. The Morgan fingerprint density at radius 2 is 1.84 bits per heavy atom. The van der Waals surface area contributed by atoms with E-state index in [0.717, 1.165) is 24.4 Å². The number of hydrogen-bond donors (Lipinski definition) is 1. The Kier molecular flexibility index (Phi) is 7.99. The number of thiazole rings is 1. The van der Waals surface area contributed by atoms with E-state index in [2.05, 4.69) is 16.9 Å². The second-order valence-electron chi connectivity index (χ2n) is 9.68. The summed E-state index contributed by atoms with van der Waals surface area (Å²) in [7, 11) is 0. The van der Waals surface area contributed by atoms with Crippen molar-refractivity contribution in [3.8, 4) is 11.6 Å². The zero-order valence-corrected chi connectivity index (χ0v) is 22.2. The van der Waals surface area contributed by atoms with Gasteiger partial charge in [-0.1, -0.05) is 56.2 Å². The van der Waals surface area contributed by atoms with Crippen LogP contribution >= 0.6 is 11.3 Å². The molecule has 0 radical (unpaired) electrons. The van der Waals surface area contributed by atoms with Crippen LogP contribution in [0, 0.1) is 0 Å². The highest BCUT2D eigenvalue weighted by Crippen LogP contribution is 2.51. The first-order valence-electron chi connectivity index (χ1n) is 13.2. The summed E-state index contributed by atoms with van der Waals surface area (Å²) in [6.07, 6.45) is 0.740. The van der Waals surface area contributed by atoms with E-state index in [1.54, 1.807) is 0 Å². The van der Waals surface area contributed by atoms with Crippen LogP contribution in [-0.2, 0) is 11.2 Å². The molecule has 5 rings (SSSR count). The fourth-order valence-corrected chi connectivity index (χ4v) is 6.40. The van der Waals surface area contributed by atoms with E-state index in [-0.39, 0.29) is 5.56 Å². The summed E-state index contributed by atoms with van der Waals surface area (Å²) in [5, 5.41) is 31.3. The van der Waals surface area contributed by atoms with Gasteiger partial charge in [-0.3, -0.25) is 9.89 Å². The SMILES string of the molecule is CCCCOc1nc(N2CCOCC2)sc1C1C([O-])C(c2c(CCC)[nH]n(-c3ccccc3)c2=O)C1[O-]. The predicted molar refractivity (Wildman–Crippen MR) is 139 cm³/mol. The Balaban J connectivity index is 1.46. The molecule has 200 valence electrons. The van der Waals surface area contributed by atoms with E-state index in [0.29, 0.717) is 67.0 Å². The highest BCUT2D eigenvalue weighted by Gasteiger charge is 2.44. The van der Waals surface area contributed by atoms with Gasteiger partial charge in [-0.15, -0.1) is 12.2 Å². The minimum Gasteiger partial charge on any atom is -0.851 e. The number of nitrogens with zero attached hydrogens (tertiary/aromatic N) is 3. The Hall–Kier alpha value is -2.66. The molecule has 1 saturated heterocycles. The lowest BCUT2D eigenvalue weighted by Gasteiger charge is -2.60. The van der Waals surface area contributed by atoms with Gasteiger partial charge < -0.3 is 24.6 Å². The van der Waals surface area contributed by atoms with E-state index in [1.807, 2.05) is 37.3 Å². The number of morpholine rings is 1. The third-order valence-electron chi connectivity index (χ3n) is 7.20. The van der Waals surface area contributed by atoms with E-state index >= 15 is 0 Å². The smallest absolute Gasteiger partial charge is 0.274 e. The van der Waals surface area contributed by atoms with Crippen molar-refractivity contribution < 1.29 is 19.7 Å². The monoisotopic (exact) mass is 526 g/mol. The largest absolute Gasteiger partial charge is 0.851 e. The summed E-state index contributed by atoms with van der Waals surface area (Å²) in [6, 6.07) is 9.24. The van der Waals surface area contributed by atoms with Crippen LogP contribution in [0.15, 0.2) is 35.1 Å². The van der Waals surface area contributed by atoms with Crippen molar-refractivity contribution >= 4 is 16.5 Å². The fourth-order valence-electron chi connectivity index (χ4n) is 5.16. The summed E-state index contributed by atoms with van der Waals surface area (Å²) in [5.41, 5.74) is 1.39. The zero-order valence-electron chi connectivity index (χ0n) is 21.4. The molecule has 2 atom stereocenters. The summed E-state index contributed by atoms with van der Waals surface area (Å²) in [6.45, 7) is 7.22. The number of hydrogen-bond acceptors (Lipinski definition) is 8. The molecule has 3 heterocycles. The number of aryl methyl sites for hydroxylation is 1. The number of H-pyrrole nitrogens is 1. The van der Waals surface area contributed by atoms with Crippen LogP contribution in [-0.4, -0.2) is 59.9 Å². The first-order valence-corrected chi connectivity index (χ1v) is 14.0. The summed E-state index contributed by atoms with van der Waals surface area (Å²) in [5.74, 6) is -1.30. The van der Waals surface area contributed by atoms with Crippen molar-refractivity contribution in [2.45, 2.75) is 63.6 Å². The minimum atomic E-state index is -1.24. The number of nitrogens with one attached hydrogen (secondary N) is 1. The molecule has 0 spiro atoms. The second-order valence-corrected chi connectivity index (χ2v) is 10.7. The Bertz CT molecular complexity index is 1220. The van der Waals surface area contributed by atoms with Crippen molar-refractivity contribution in [1.29, 1.82) is 0 Å². The Morgan fingerprint density at radius 3 is 2.51 bits per heavy atom. The molecule has 2 aliphatic rings. The van der Waals surface area contributed by atoms with Gasteiger partial charge in [0, 0.05) is 24.3 Å². The van der Waals surface area contributed by atoms with Crippen molar-refractivity contribution in [3.05, 3.63) is 56.8 Å². The normalized spacial score (nSPS) is 23.7. The van der Waals surface area contributed by atoms with E-state index in [9.17, 15) is 15.0 Å². The highest BCUT2D eigenvalue weighted by molar-refractivity contribution is 7.16. The van der Waals surface area contributed by atoms with Crippen LogP contribution in [0.1, 0.15) is 61.1 Å². The van der Waals surface area contributed by atoms with E-state index in [4.69, 9.17) is 14.5 Å². The highest BCUT2D eigenvalue weighted by atomic mass is 32.1. The molecule has 10 heteroatoms. The van der Waals surface area contributed by atoms with Crippen LogP contribution in [0.2, 0.25) is 0 Å². The van der Waals surface area contributed by atoms with Crippen LogP contribution in [0.3, 0.4) is 0 Å². The molecule has 2 aromatic heterocycles. The van der Waals surface area contributed by atoms with Crippen LogP contribution < -0.4 is 25.4 Å². The van der Waals surface area contributed by atoms with Gasteiger partial charge in [0.2, 0.25) is 5.88 Å². The van der Waals surface area contributed by atoms with Crippen molar-refractivity contribution in [2.75, 3.05) is 37.8 Å². The van der Waals surface area contributed by atoms with Gasteiger partial charge in [0.15, 0.2) is 5.13 Å². The molecule has 0 amide bonds. The Labute approximate surface area is 220 Å². The maximum Gasteiger partial charge on any atom is 0.274 e. The van der Waals surface area contributed by atoms with Gasteiger partial charge in [0.05, 0.1) is 30.4 Å². The topological polar surface area (TPSA) is 118 Å². The molecule has 3 aromatic rings. The molecule has 1 aliphatic carbocycles. The van der Waals surface area contributed by atoms with Crippen molar-refractivity contribution in [3.63, 3.8) is 0 Å². The van der Waals surface area contributed by atoms with Crippen LogP contribution in [0.4, 0.5) is 5.13 Å². The molecule has 1 N–H and O–H groups in total. The molecule has 2 fully saturated rings. The third kappa shape index (κ3) is 4.95. The zero-order chi connectivity index (χ0) is 25.9. The van der Waals surface area contributed by atoms with E-state index < -0.39 is 24.0 Å². The molecule has 1 saturated carbocycles. The van der Waals surface area contributed by atoms with Gasteiger partial charge in [-0.25, -0.2) is 4.68 Å². The average molecular weight is 527 g/mol. The number of ether oxygens (including phenoxy) is 2. The molecule has 9 nitrogen and oxygen atoms in total. The second kappa shape index (κ2) is 11.4. The number of aromatic nitrogens is 3. The number of aromatic amines is 1. The number of rotatable bonds is 10. The molecule has 37 heavy (non-hydrogen) atoms. The lowest BCUT2D eigenvalue weighted by atomic mass is 9.65. The lowest BCUT2D eigenvalue weighted by Crippen LogP contribution is -2.64. The van der Waals surface area contributed by atoms with Crippen molar-refractivity contribution in [2.24, 2.45) is 0 Å². The van der Waals surface area contributed by atoms with E-state index in [1.165, 1.54) is 16.0 Å². The Morgan fingerprint density at radius 1 is 1.11 bits per heavy atom. The minimum absolute atomic E-state index is 0.308. The van der Waals surface area contributed by atoms with Gasteiger partial charge in [0.1, 0.15) is 0 Å². The first kappa shape index (κ1) is 26.0. The quantitative estimate of drug-likeness (QED) is 0.401. The van der Waals surface area contributed by atoms with Gasteiger partial charge in [-0.2, -0.15) is 4.98 Å². The molecular weight excluding hydrogens is 492 g/mol. The van der Waals surface area contributed by atoms with Gasteiger partial charge >= 0.3 is 0 Å². The lowest BCUT2D eigenvalue weighted by molar-refractivity contribution is -0.535.